The van der Waals surface area contributed by atoms with Crippen LogP contribution in [0, 0.1) is 23.7 Å². The number of nitrogens with zero attached hydrogens (tertiary/aromatic N) is 1. The molecule has 1 saturated carbocycles. The standard InChI is InChI=1S/C61H93N7O17/c1-7-8-12-46(64-35-54(76)61(5,6)67-57(79)49(65-39(4)70)31-40-17-23-44(71)24-18-40)52(74)34-63-47(53(75)36-68-30-11-14-50(68)38(3)69)13-9-10-29-62-55(77)27-21-42(58(80)81)32-45(72)25-26-48(60(84)85)66-56(78)28-22-43(59(82)83)33-51(73)41-19-15-37(2)16-20-41/h17-18,23-24,37,41-43,46-50,63-64,71H,7-16,19-22,25-36H2,1-6H3,(H,62,77)(H,65,70)(H,66,78)(H,67,79)(H,80,81)(H,82,83)(H,84,85)/t37?,41?,42-,43-,46+,47+,48+,49-,50+/m1/s1. The van der Waals surface area contributed by atoms with Crippen LogP contribution >= 0.6 is 0 Å². The lowest BCUT2D eigenvalue weighted by Gasteiger charge is -2.29. The van der Waals surface area contributed by atoms with Crippen molar-refractivity contribution in [1.82, 2.24) is 36.8 Å². The number of hydrogen-bond acceptors (Lipinski definition) is 17. The molecule has 24 heteroatoms. The highest BCUT2D eigenvalue weighted by atomic mass is 16.4. The van der Waals surface area contributed by atoms with Crippen LogP contribution in [0.15, 0.2) is 24.3 Å². The summed E-state index contributed by atoms with van der Waals surface area (Å²) in [4.78, 5) is 169. The Bertz CT molecular complexity index is 2480. The molecule has 1 aliphatic heterocycles. The van der Waals surface area contributed by atoms with Gasteiger partial charge in [-0.15, -0.1) is 0 Å². The van der Waals surface area contributed by atoms with Gasteiger partial charge in [-0.1, -0.05) is 51.7 Å². The monoisotopic (exact) mass is 1200 g/mol. The first-order valence-electron chi connectivity index (χ1n) is 30.1. The molecule has 4 amide bonds. The van der Waals surface area contributed by atoms with Gasteiger partial charge in [0.2, 0.25) is 23.6 Å². The van der Waals surface area contributed by atoms with E-state index in [0.717, 1.165) is 25.7 Å². The molecular weight excluding hydrogens is 1100 g/mol. The van der Waals surface area contributed by atoms with Crippen molar-refractivity contribution >= 4 is 76.2 Å². The normalized spacial score (nSPS) is 18.3. The molecule has 474 valence electrons. The minimum Gasteiger partial charge on any atom is -0.508 e. The van der Waals surface area contributed by atoms with Gasteiger partial charge in [0.1, 0.15) is 35.2 Å². The van der Waals surface area contributed by atoms with Gasteiger partial charge < -0.3 is 52.3 Å². The zero-order valence-electron chi connectivity index (χ0n) is 50.4. The van der Waals surface area contributed by atoms with Crippen LogP contribution in [0.3, 0.4) is 0 Å². The number of phenolic OH excluding ortho intramolecular Hbond substituents is 1. The third kappa shape index (κ3) is 27.0. The van der Waals surface area contributed by atoms with Crippen molar-refractivity contribution in [2.45, 2.75) is 212 Å². The summed E-state index contributed by atoms with van der Waals surface area (Å²) in [5.41, 5.74) is -0.777. The topological polar surface area (TPSA) is 378 Å². The van der Waals surface area contributed by atoms with E-state index in [9.17, 15) is 82.8 Å². The molecule has 3 rings (SSSR count). The average Bonchev–Trinajstić information content (AvgIpc) is 4.12. The second-order valence-electron chi connectivity index (χ2n) is 23.7. The van der Waals surface area contributed by atoms with Gasteiger partial charge in [0.05, 0.1) is 55.1 Å². The summed E-state index contributed by atoms with van der Waals surface area (Å²) in [6, 6.07) is 1.50. The van der Waals surface area contributed by atoms with E-state index in [-0.39, 0.29) is 112 Å². The van der Waals surface area contributed by atoms with E-state index >= 15 is 0 Å². The summed E-state index contributed by atoms with van der Waals surface area (Å²) >= 11 is 0. The Balaban J connectivity index is 1.52. The number of unbranched alkanes of at least 4 members (excludes halogenated alkanes) is 2. The number of likely N-dealkylation sites (tertiary alicyclic amines) is 1. The molecule has 1 heterocycles. The number of aromatic hydroxyl groups is 1. The van der Waals surface area contributed by atoms with Gasteiger partial charge in [0.15, 0.2) is 17.3 Å². The van der Waals surface area contributed by atoms with Crippen molar-refractivity contribution < 1.29 is 82.8 Å². The van der Waals surface area contributed by atoms with E-state index in [4.69, 9.17) is 0 Å². The number of hydrogen-bond donors (Lipinski definition) is 10. The minimum atomic E-state index is -1.53. The third-order valence-corrected chi connectivity index (χ3v) is 16.2. The number of nitrogens with one attached hydrogen (secondary N) is 6. The fourth-order valence-electron chi connectivity index (χ4n) is 10.7. The Kier molecular flexibility index (Phi) is 31.5. The predicted octanol–water partition coefficient (Wildman–Crippen LogP) is 3.54. The van der Waals surface area contributed by atoms with Crippen molar-refractivity contribution in [3.05, 3.63) is 29.8 Å². The van der Waals surface area contributed by atoms with E-state index < -0.39 is 114 Å². The van der Waals surface area contributed by atoms with Gasteiger partial charge in [0.25, 0.3) is 0 Å². The Morgan fingerprint density at radius 1 is 0.647 bits per heavy atom. The van der Waals surface area contributed by atoms with E-state index in [1.807, 2.05) is 11.8 Å². The van der Waals surface area contributed by atoms with Crippen LogP contribution < -0.4 is 31.9 Å². The van der Waals surface area contributed by atoms with Crippen LogP contribution in [-0.2, 0) is 68.7 Å². The molecule has 2 fully saturated rings. The molecule has 0 bridgehead atoms. The smallest absolute Gasteiger partial charge is 0.326 e. The van der Waals surface area contributed by atoms with E-state index in [1.165, 1.54) is 39.8 Å². The lowest BCUT2D eigenvalue weighted by Crippen LogP contribution is -2.59. The van der Waals surface area contributed by atoms with E-state index in [2.05, 4.69) is 38.8 Å². The van der Waals surface area contributed by atoms with Gasteiger partial charge in [-0.25, -0.2) is 4.79 Å². The zero-order chi connectivity index (χ0) is 63.4. The molecule has 2 aliphatic rings. The van der Waals surface area contributed by atoms with Gasteiger partial charge in [-0.3, -0.25) is 62.4 Å². The van der Waals surface area contributed by atoms with Crippen molar-refractivity contribution in [1.29, 1.82) is 0 Å². The number of Topliss-reactive ketones (excluding diaryl/α,β-unsaturated/α-hetero) is 6. The van der Waals surface area contributed by atoms with Crippen molar-refractivity contribution in [2.75, 3.05) is 32.7 Å². The number of carboxylic acids is 3. The van der Waals surface area contributed by atoms with Gasteiger partial charge >= 0.3 is 17.9 Å². The van der Waals surface area contributed by atoms with E-state index in [0.29, 0.717) is 63.0 Å². The zero-order valence-corrected chi connectivity index (χ0v) is 50.4. The number of carbonyl (C=O) groups is 13. The second kappa shape index (κ2) is 36.9. The second-order valence-corrected chi connectivity index (χ2v) is 23.7. The molecule has 10 N–H and O–H groups in total. The quantitative estimate of drug-likeness (QED) is 0.0418. The first kappa shape index (κ1) is 72.5. The highest BCUT2D eigenvalue weighted by Gasteiger charge is 2.36. The summed E-state index contributed by atoms with van der Waals surface area (Å²) in [7, 11) is 0. The maximum absolute atomic E-state index is 13.9. The van der Waals surface area contributed by atoms with Crippen LogP contribution in [0.5, 0.6) is 5.75 Å². The van der Waals surface area contributed by atoms with Crippen LogP contribution in [0.1, 0.15) is 176 Å². The van der Waals surface area contributed by atoms with Crippen LogP contribution in [-0.4, -0.2) is 170 Å². The summed E-state index contributed by atoms with van der Waals surface area (Å²) in [6.07, 6.45) is 4.73. The number of aliphatic carboxylic acids is 3. The van der Waals surface area contributed by atoms with Crippen molar-refractivity contribution in [3.63, 3.8) is 0 Å². The number of rotatable bonds is 43. The SMILES string of the molecule is CCCC[C@H](NCC(=O)C(C)(C)NC(=O)[C@@H](Cc1ccc(O)cc1)NC(C)=O)C(=O)CN[C@@H](CCCCNC(=O)CC[C@H](CC(=O)CC[C@H](NC(=O)CC[C@H](CC(=O)C1CCC(C)CC1)C(=O)O)C(=O)O)C(=O)O)C(=O)CN1CCC[C@H]1C(C)=O. The Morgan fingerprint density at radius 2 is 1.25 bits per heavy atom. The number of phenols is 1. The van der Waals surface area contributed by atoms with Crippen LogP contribution in [0.4, 0.5) is 0 Å². The number of ketones is 6. The summed E-state index contributed by atoms with van der Waals surface area (Å²) < 4.78 is 0. The van der Waals surface area contributed by atoms with Crippen LogP contribution in [0.25, 0.3) is 0 Å². The molecule has 24 nitrogen and oxygen atoms in total. The number of benzene rings is 1. The molecule has 0 aromatic heterocycles. The lowest BCUT2D eigenvalue weighted by molar-refractivity contribution is -0.145. The molecule has 1 aliphatic carbocycles. The fraction of sp³-hybridized carbons (Fsp3) is 0.689. The Labute approximate surface area is 498 Å². The van der Waals surface area contributed by atoms with Gasteiger partial charge in [0, 0.05) is 57.9 Å². The molecule has 0 spiro atoms. The van der Waals surface area contributed by atoms with Gasteiger partial charge in [-0.05, 0) is 122 Å². The van der Waals surface area contributed by atoms with Gasteiger partial charge in [-0.2, -0.15) is 0 Å². The highest BCUT2D eigenvalue weighted by Crippen LogP contribution is 2.31. The molecule has 0 radical (unpaired) electrons. The highest BCUT2D eigenvalue weighted by molar-refractivity contribution is 5.97. The Hall–Kier alpha value is -6.79. The Morgan fingerprint density at radius 3 is 1.85 bits per heavy atom. The number of amides is 4. The molecule has 0 unspecified atom stereocenters. The molecular formula is C61H93N7O17. The molecule has 85 heavy (non-hydrogen) atoms. The number of carboxylic acid groups (broad SMARTS) is 3. The van der Waals surface area contributed by atoms with Crippen molar-refractivity contribution in [3.8, 4) is 5.75 Å². The maximum Gasteiger partial charge on any atom is 0.326 e. The minimum absolute atomic E-state index is 0.0301. The summed E-state index contributed by atoms with van der Waals surface area (Å²) in [5.74, 6) is -10.3. The van der Waals surface area contributed by atoms with Crippen molar-refractivity contribution in [2.24, 2.45) is 23.7 Å². The van der Waals surface area contributed by atoms with Crippen LogP contribution in [0.2, 0.25) is 0 Å². The third-order valence-electron chi connectivity index (χ3n) is 16.2. The maximum atomic E-state index is 13.9. The first-order valence-corrected chi connectivity index (χ1v) is 30.1. The molecule has 1 aromatic rings. The largest absolute Gasteiger partial charge is 0.508 e. The number of carbonyl (C=O) groups excluding carboxylic acids is 10. The summed E-state index contributed by atoms with van der Waals surface area (Å²) in [5, 5.41) is 55.6. The molecule has 1 saturated heterocycles. The average molecular weight is 1200 g/mol. The molecule has 1 aromatic carbocycles. The lowest BCUT2D eigenvalue weighted by atomic mass is 9.78. The fourth-order valence-corrected chi connectivity index (χ4v) is 10.7. The summed E-state index contributed by atoms with van der Waals surface area (Å²) in [6.45, 7) is 9.90. The predicted molar refractivity (Wildman–Crippen MR) is 312 cm³/mol. The molecule has 7 atom stereocenters. The van der Waals surface area contributed by atoms with E-state index in [1.54, 1.807) is 12.1 Å². The first-order chi connectivity index (χ1) is 40.1.